The van der Waals surface area contributed by atoms with Gasteiger partial charge in [-0.15, -0.1) is 6.42 Å². The number of terminal acetylenes is 1. The van der Waals surface area contributed by atoms with Gasteiger partial charge in [0.25, 0.3) is 0 Å². The van der Waals surface area contributed by atoms with Gasteiger partial charge in [0.15, 0.2) is 4.80 Å². The number of unbranched alkanes of at least 4 members (excludes halogenated alkanes) is 1. The second-order valence-electron chi connectivity index (χ2n) is 5.37. The molecule has 0 radical (unpaired) electrons. The molecule has 3 aromatic rings. The minimum Gasteiger partial charge on any atom is -0.351 e. The molecule has 5 nitrogen and oxygen atoms in total. The van der Waals surface area contributed by atoms with Crippen molar-refractivity contribution in [3.05, 3.63) is 46.6 Å². The van der Waals surface area contributed by atoms with E-state index in [9.17, 15) is 4.79 Å². The van der Waals surface area contributed by atoms with E-state index in [1.54, 1.807) is 0 Å². The van der Waals surface area contributed by atoms with Gasteiger partial charge in [-0.25, -0.2) is 0 Å². The van der Waals surface area contributed by atoms with Gasteiger partial charge in [-0.3, -0.25) is 4.79 Å². The van der Waals surface area contributed by atoms with Crippen LogP contribution in [0, 0.1) is 12.3 Å². The summed E-state index contributed by atoms with van der Waals surface area (Å²) in [6.45, 7) is 2.54. The molecule has 0 N–H and O–H groups in total. The summed E-state index contributed by atoms with van der Waals surface area (Å²) in [6.07, 6.45) is 10.3. The van der Waals surface area contributed by atoms with Crippen LogP contribution < -0.4 is 4.80 Å². The van der Waals surface area contributed by atoms with E-state index >= 15 is 0 Å². The quantitative estimate of drug-likeness (QED) is 0.669. The molecule has 24 heavy (non-hydrogen) atoms. The summed E-state index contributed by atoms with van der Waals surface area (Å²) in [5.74, 6) is 2.27. The van der Waals surface area contributed by atoms with Gasteiger partial charge in [0.2, 0.25) is 5.76 Å². The van der Waals surface area contributed by atoms with Crippen LogP contribution in [0.4, 0.5) is 0 Å². The highest BCUT2D eigenvalue weighted by molar-refractivity contribution is 7.16. The molecule has 0 aliphatic carbocycles. The third-order valence-corrected chi connectivity index (χ3v) is 4.70. The molecule has 0 spiro atoms. The van der Waals surface area contributed by atoms with E-state index in [0.717, 1.165) is 29.5 Å². The van der Waals surface area contributed by atoms with Crippen LogP contribution >= 0.6 is 11.3 Å². The van der Waals surface area contributed by atoms with Crippen LogP contribution in [0.3, 0.4) is 0 Å². The van der Waals surface area contributed by atoms with E-state index in [-0.39, 0.29) is 5.76 Å². The lowest BCUT2D eigenvalue weighted by molar-refractivity contribution is 0.0962. The van der Waals surface area contributed by atoms with Crippen molar-refractivity contribution in [1.29, 1.82) is 0 Å². The summed E-state index contributed by atoms with van der Waals surface area (Å²) in [7, 11) is 0. The number of amides is 1. The standard InChI is InChI=1S/C18H17N3O2S/c1-3-5-6-13-7-8-14-16(12-13)24-18(21(14)11-4-2)20-17(22)15-9-10-19-23-15/h2,7-10,12H,3,5-6,11H2,1H3. The van der Waals surface area contributed by atoms with Crippen molar-refractivity contribution < 1.29 is 9.32 Å². The van der Waals surface area contributed by atoms with Gasteiger partial charge in [0.05, 0.1) is 23.0 Å². The Labute approximate surface area is 143 Å². The highest BCUT2D eigenvalue weighted by atomic mass is 32.1. The van der Waals surface area contributed by atoms with Gasteiger partial charge in [0.1, 0.15) is 0 Å². The molecule has 1 aromatic carbocycles. The third kappa shape index (κ3) is 3.31. The van der Waals surface area contributed by atoms with E-state index in [1.807, 2.05) is 10.6 Å². The van der Waals surface area contributed by atoms with Crippen LogP contribution in [0.5, 0.6) is 0 Å². The lowest BCUT2D eigenvalue weighted by Gasteiger charge is -2.02. The molecule has 0 unspecified atom stereocenters. The van der Waals surface area contributed by atoms with Crippen LogP contribution in [-0.2, 0) is 13.0 Å². The summed E-state index contributed by atoms with van der Waals surface area (Å²) in [4.78, 5) is 16.9. The SMILES string of the molecule is C#CCn1c(=NC(=O)c2ccno2)sc2cc(CCCC)ccc21. The first kappa shape index (κ1) is 16.2. The Hall–Kier alpha value is -2.65. The van der Waals surface area contributed by atoms with Gasteiger partial charge in [-0.2, -0.15) is 4.99 Å². The zero-order valence-electron chi connectivity index (χ0n) is 13.4. The molecule has 0 fully saturated rings. The maximum atomic E-state index is 12.2. The van der Waals surface area contributed by atoms with Gasteiger partial charge in [-0.05, 0) is 30.5 Å². The topological polar surface area (TPSA) is 60.4 Å². The van der Waals surface area contributed by atoms with Crippen molar-refractivity contribution in [2.24, 2.45) is 4.99 Å². The fourth-order valence-electron chi connectivity index (χ4n) is 2.45. The lowest BCUT2D eigenvalue weighted by atomic mass is 10.1. The van der Waals surface area contributed by atoms with Gasteiger partial charge in [0, 0.05) is 6.07 Å². The van der Waals surface area contributed by atoms with Crippen LogP contribution in [-0.4, -0.2) is 15.6 Å². The van der Waals surface area contributed by atoms with Crippen molar-refractivity contribution in [3.8, 4) is 12.3 Å². The average molecular weight is 339 g/mol. The molecule has 6 heteroatoms. The molecule has 2 aromatic heterocycles. The summed E-state index contributed by atoms with van der Waals surface area (Å²) < 4.78 is 7.81. The minimum absolute atomic E-state index is 0.114. The Morgan fingerprint density at radius 1 is 1.46 bits per heavy atom. The number of benzene rings is 1. The molecular weight excluding hydrogens is 322 g/mol. The summed E-state index contributed by atoms with van der Waals surface area (Å²) in [5.41, 5.74) is 2.27. The minimum atomic E-state index is -0.462. The van der Waals surface area contributed by atoms with Gasteiger partial charge in [-0.1, -0.05) is 41.8 Å². The van der Waals surface area contributed by atoms with E-state index in [0.29, 0.717) is 11.3 Å². The van der Waals surface area contributed by atoms with E-state index in [2.05, 4.69) is 35.1 Å². The monoisotopic (exact) mass is 339 g/mol. The number of carbonyl (C=O) groups is 1. The predicted molar refractivity (Wildman–Crippen MR) is 93.7 cm³/mol. The maximum Gasteiger partial charge on any atom is 0.318 e. The fourth-order valence-corrected chi connectivity index (χ4v) is 3.54. The Kier molecular flexibility index (Phi) is 4.92. The number of fused-ring (bicyclic) bond motifs is 1. The number of thiazole rings is 1. The highest BCUT2D eigenvalue weighted by Gasteiger charge is 2.11. The number of aromatic nitrogens is 2. The van der Waals surface area contributed by atoms with Crippen molar-refractivity contribution in [3.63, 3.8) is 0 Å². The van der Waals surface area contributed by atoms with Crippen LogP contribution in [0.25, 0.3) is 10.2 Å². The smallest absolute Gasteiger partial charge is 0.318 e. The number of rotatable bonds is 5. The van der Waals surface area contributed by atoms with Crippen molar-refractivity contribution in [1.82, 2.24) is 9.72 Å². The Balaban J connectivity index is 2.07. The van der Waals surface area contributed by atoms with Crippen LogP contribution in [0.15, 0.2) is 40.0 Å². The Morgan fingerprint density at radius 2 is 2.33 bits per heavy atom. The second kappa shape index (κ2) is 7.28. The Bertz CT molecular complexity index is 958. The summed E-state index contributed by atoms with van der Waals surface area (Å²) >= 11 is 1.45. The summed E-state index contributed by atoms with van der Waals surface area (Å²) in [6, 6.07) is 7.81. The number of hydrogen-bond donors (Lipinski definition) is 0. The summed E-state index contributed by atoms with van der Waals surface area (Å²) in [5, 5.41) is 3.53. The number of aryl methyl sites for hydroxylation is 1. The first-order chi connectivity index (χ1) is 11.7. The number of carbonyl (C=O) groups excluding carboxylic acids is 1. The van der Waals surface area contributed by atoms with Gasteiger partial charge < -0.3 is 9.09 Å². The van der Waals surface area contributed by atoms with E-state index in [1.165, 1.54) is 29.2 Å². The lowest BCUT2D eigenvalue weighted by Crippen LogP contribution is -2.16. The van der Waals surface area contributed by atoms with Crippen molar-refractivity contribution in [2.75, 3.05) is 0 Å². The molecule has 0 saturated carbocycles. The van der Waals surface area contributed by atoms with Gasteiger partial charge >= 0.3 is 5.91 Å². The molecule has 122 valence electrons. The van der Waals surface area contributed by atoms with Crippen LogP contribution in [0.2, 0.25) is 0 Å². The third-order valence-electron chi connectivity index (χ3n) is 3.66. The molecule has 0 aliphatic rings. The van der Waals surface area contributed by atoms with Crippen molar-refractivity contribution >= 4 is 27.5 Å². The molecule has 0 bridgehead atoms. The van der Waals surface area contributed by atoms with E-state index in [4.69, 9.17) is 10.9 Å². The first-order valence-corrected chi connectivity index (χ1v) is 8.60. The molecule has 0 aliphatic heterocycles. The zero-order valence-corrected chi connectivity index (χ0v) is 14.2. The Morgan fingerprint density at radius 3 is 3.04 bits per heavy atom. The van der Waals surface area contributed by atoms with Crippen LogP contribution in [0.1, 0.15) is 35.9 Å². The molecular formula is C18H17N3O2S. The largest absolute Gasteiger partial charge is 0.351 e. The normalized spacial score (nSPS) is 11.8. The molecule has 0 atom stereocenters. The zero-order chi connectivity index (χ0) is 16.9. The number of hydrogen-bond acceptors (Lipinski definition) is 4. The predicted octanol–water partition coefficient (Wildman–Crippen LogP) is 3.41. The highest BCUT2D eigenvalue weighted by Crippen LogP contribution is 2.20. The first-order valence-electron chi connectivity index (χ1n) is 7.78. The molecule has 1 amide bonds. The van der Waals surface area contributed by atoms with Crippen molar-refractivity contribution in [2.45, 2.75) is 32.7 Å². The average Bonchev–Trinajstić information content (AvgIpc) is 3.22. The molecule has 3 rings (SSSR count). The molecule has 0 saturated heterocycles. The maximum absolute atomic E-state index is 12.2. The fraction of sp³-hybridized carbons (Fsp3) is 0.278. The van der Waals surface area contributed by atoms with E-state index < -0.39 is 5.91 Å². The molecule has 2 heterocycles. The second-order valence-corrected chi connectivity index (χ2v) is 6.38. The number of nitrogens with zero attached hydrogens (tertiary/aromatic N) is 3.